The van der Waals surface area contributed by atoms with E-state index in [1.807, 2.05) is 43.3 Å². The van der Waals surface area contributed by atoms with Gasteiger partial charge >= 0.3 is 6.16 Å². The Morgan fingerprint density at radius 2 is 1.87 bits per heavy atom. The lowest BCUT2D eigenvalue weighted by molar-refractivity contribution is 0.0663. The smallest absolute Gasteiger partial charge is 0.450 e. The zero-order valence-corrected chi connectivity index (χ0v) is 17.1. The van der Waals surface area contributed by atoms with Crippen molar-refractivity contribution in [3.05, 3.63) is 89.9 Å². The van der Waals surface area contributed by atoms with Gasteiger partial charge in [0, 0.05) is 29.4 Å². The summed E-state index contributed by atoms with van der Waals surface area (Å²) in [7, 11) is 0. The van der Waals surface area contributed by atoms with Crippen LogP contribution < -0.4 is 5.32 Å². The van der Waals surface area contributed by atoms with E-state index >= 15 is 0 Å². The van der Waals surface area contributed by atoms with E-state index in [0.29, 0.717) is 5.52 Å². The highest BCUT2D eigenvalue weighted by Gasteiger charge is 2.14. The SMILES string of the molecule is Cc1ccc(-c2cc(F)cc3c2ccn3COC(=O)O)c(NCCc2ccccc2)c1. The highest BCUT2D eigenvalue weighted by Crippen LogP contribution is 2.36. The van der Waals surface area contributed by atoms with Crippen LogP contribution in [0.4, 0.5) is 14.9 Å². The molecular weight excluding hydrogens is 395 g/mol. The number of anilines is 1. The van der Waals surface area contributed by atoms with Crippen molar-refractivity contribution in [1.82, 2.24) is 4.57 Å². The molecule has 1 heterocycles. The number of rotatable bonds is 7. The van der Waals surface area contributed by atoms with Crippen LogP contribution >= 0.6 is 0 Å². The Morgan fingerprint density at radius 1 is 1.06 bits per heavy atom. The van der Waals surface area contributed by atoms with Crippen LogP contribution in [0.15, 0.2) is 72.9 Å². The van der Waals surface area contributed by atoms with Gasteiger partial charge in [-0.3, -0.25) is 0 Å². The molecule has 2 N–H and O–H groups in total. The molecule has 0 spiro atoms. The van der Waals surface area contributed by atoms with Gasteiger partial charge in [0.15, 0.2) is 6.73 Å². The van der Waals surface area contributed by atoms with E-state index in [2.05, 4.69) is 28.3 Å². The average Bonchev–Trinajstić information content (AvgIpc) is 3.15. The van der Waals surface area contributed by atoms with E-state index < -0.39 is 12.0 Å². The summed E-state index contributed by atoms with van der Waals surface area (Å²) in [5.41, 5.74) is 5.48. The molecule has 3 aromatic carbocycles. The number of aryl methyl sites for hydroxylation is 1. The Morgan fingerprint density at radius 3 is 2.65 bits per heavy atom. The van der Waals surface area contributed by atoms with Crippen LogP contribution in [0.2, 0.25) is 0 Å². The van der Waals surface area contributed by atoms with Crippen molar-refractivity contribution in [1.29, 1.82) is 0 Å². The van der Waals surface area contributed by atoms with Crippen molar-refractivity contribution in [3.8, 4) is 11.1 Å². The minimum Gasteiger partial charge on any atom is -0.450 e. The van der Waals surface area contributed by atoms with E-state index in [0.717, 1.165) is 40.7 Å². The second-order valence-corrected chi connectivity index (χ2v) is 7.42. The quantitative estimate of drug-likeness (QED) is 0.358. The zero-order chi connectivity index (χ0) is 21.8. The number of ether oxygens (including phenoxy) is 1. The van der Waals surface area contributed by atoms with Gasteiger partial charge in [-0.1, -0.05) is 42.5 Å². The number of hydrogen-bond donors (Lipinski definition) is 2. The maximum Gasteiger partial charge on any atom is 0.507 e. The molecule has 1 aromatic heterocycles. The molecule has 0 saturated heterocycles. The summed E-state index contributed by atoms with van der Waals surface area (Å²) in [6.07, 6.45) is 1.20. The lowest BCUT2D eigenvalue weighted by Gasteiger charge is -2.15. The molecule has 0 atom stereocenters. The molecule has 0 unspecified atom stereocenters. The molecule has 4 aromatic rings. The molecule has 4 rings (SSSR count). The molecule has 5 nitrogen and oxygen atoms in total. The maximum atomic E-state index is 14.5. The van der Waals surface area contributed by atoms with Crippen molar-refractivity contribution in [2.24, 2.45) is 0 Å². The van der Waals surface area contributed by atoms with E-state index in [1.54, 1.807) is 10.8 Å². The minimum atomic E-state index is -1.37. The molecule has 0 amide bonds. The van der Waals surface area contributed by atoms with Crippen LogP contribution in [0.5, 0.6) is 0 Å². The number of aromatic nitrogens is 1. The Balaban J connectivity index is 1.68. The normalized spacial score (nSPS) is 10.9. The second kappa shape index (κ2) is 8.92. The summed E-state index contributed by atoms with van der Waals surface area (Å²) in [6.45, 7) is 2.57. The summed E-state index contributed by atoms with van der Waals surface area (Å²) < 4.78 is 20.8. The molecule has 0 radical (unpaired) electrons. The third-order valence-electron chi connectivity index (χ3n) is 5.22. The number of halogens is 1. The van der Waals surface area contributed by atoms with Gasteiger partial charge in [-0.05, 0) is 54.3 Å². The van der Waals surface area contributed by atoms with Crippen molar-refractivity contribution < 1.29 is 19.0 Å². The number of benzene rings is 3. The van der Waals surface area contributed by atoms with E-state index in [-0.39, 0.29) is 6.73 Å². The van der Waals surface area contributed by atoms with Crippen molar-refractivity contribution in [2.45, 2.75) is 20.1 Å². The van der Waals surface area contributed by atoms with Crippen LogP contribution in [0.25, 0.3) is 22.0 Å². The molecule has 0 aliphatic carbocycles. The Kier molecular flexibility index (Phi) is 5.89. The first-order valence-electron chi connectivity index (χ1n) is 10.0. The van der Waals surface area contributed by atoms with Crippen LogP contribution in [-0.2, 0) is 17.9 Å². The third-order valence-corrected chi connectivity index (χ3v) is 5.22. The minimum absolute atomic E-state index is 0.197. The molecule has 0 aliphatic heterocycles. The molecule has 31 heavy (non-hydrogen) atoms. The third kappa shape index (κ3) is 4.69. The number of nitrogens with one attached hydrogen (secondary N) is 1. The standard InChI is InChI=1S/C25H23FN2O3/c1-17-7-8-20(23(13-17)27-11-9-18-5-3-2-4-6-18)22-14-19(26)15-24-21(22)10-12-28(24)16-31-25(29)30/h2-8,10,12-15,27H,9,11,16H2,1H3,(H,29,30). The number of carboxylic acid groups (broad SMARTS) is 1. The summed E-state index contributed by atoms with van der Waals surface area (Å²) in [5.74, 6) is -0.395. The predicted molar refractivity (Wildman–Crippen MR) is 120 cm³/mol. The van der Waals surface area contributed by atoms with Crippen LogP contribution in [0.1, 0.15) is 11.1 Å². The van der Waals surface area contributed by atoms with Gasteiger partial charge in [0.25, 0.3) is 0 Å². The largest absolute Gasteiger partial charge is 0.507 e. The summed E-state index contributed by atoms with van der Waals surface area (Å²) in [4.78, 5) is 10.7. The maximum absolute atomic E-state index is 14.5. The van der Waals surface area contributed by atoms with E-state index in [1.165, 1.54) is 17.7 Å². The fourth-order valence-electron chi connectivity index (χ4n) is 3.75. The highest BCUT2D eigenvalue weighted by atomic mass is 19.1. The number of carbonyl (C=O) groups is 1. The first-order chi connectivity index (χ1) is 15.0. The number of nitrogens with zero attached hydrogens (tertiary/aromatic N) is 1. The summed E-state index contributed by atoms with van der Waals surface area (Å²) in [5, 5.41) is 13.1. The van der Waals surface area contributed by atoms with E-state index in [9.17, 15) is 9.18 Å². The highest BCUT2D eigenvalue weighted by molar-refractivity contribution is 5.98. The van der Waals surface area contributed by atoms with Gasteiger partial charge in [0.1, 0.15) is 5.82 Å². The van der Waals surface area contributed by atoms with Gasteiger partial charge in [0.05, 0.1) is 5.52 Å². The van der Waals surface area contributed by atoms with E-state index in [4.69, 9.17) is 5.11 Å². The zero-order valence-electron chi connectivity index (χ0n) is 17.1. The summed E-state index contributed by atoms with van der Waals surface area (Å²) in [6, 6.07) is 21.0. The Labute approximate surface area is 179 Å². The molecule has 0 fully saturated rings. The predicted octanol–water partition coefficient (Wildman–Crippen LogP) is 6.06. The monoisotopic (exact) mass is 418 g/mol. The van der Waals surface area contributed by atoms with Gasteiger partial charge in [-0.2, -0.15) is 0 Å². The van der Waals surface area contributed by atoms with Crippen molar-refractivity contribution in [2.75, 3.05) is 11.9 Å². The Hall–Kier alpha value is -3.80. The molecule has 0 bridgehead atoms. The number of hydrogen-bond acceptors (Lipinski definition) is 3. The van der Waals surface area contributed by atoms with Crippen LogP contribution in [-0.4, -0.2) is 22.4 Å². The average molecular weight is 418 g/mol. The van der Waals surface area contributed by atoms with Crippen LogP contribution in [0.3, 0.4) is 0 Å². The van der Waals surface area contributed by atoms with Gasteiger partial charge < -0.3 is 19.7 Å². The molecular formula is C25H23FN2O3. The first-order valence-corrected chi connectivity index (χ1v) is 10.0. The van der Waals surface area contributed by atoms with Crippen molar-refractivity contribution >= 4 is 22.7 Å². The lowest BCUT2D eigenvalue weighted by Crippen LogP contribution is -2.07. The van der Waals surface area contributed by atoms with Crippen molar-refractivity contribution in [3.63, 3.8) is 0 Å². The van der Waals surface area contributed by atoms with Gasteiger partial charge in [0.2, 0.25) is 0 Å². The lowest BCUT2D eigenvalue weighted by atomic mass is 9.98. The molecule has 6 heteroatoms. The van der Waals surface area contributed by atoms with Gasteiger partial charge in [-0.15, -0.1) is 0 Å². The number of fused-ring (bicyclic) bond motifs is 1. The fourth-order valence-corrected chi connectivity index (χ4v) is 3.75. The summed E-state index contributed by atoms with van der Waals surface area (Å²) >= 11 is 0. The Bertz CT molecular complexity index is 1220. The first kappa shape index (κ1) is 20.5. The molecule has 158 valence electrons. The fraction of sp³-hybridized carbons (Fsp3) is 0.160. The van der Waals surface area contributed by atoms with Gasteiger partial charge in [-0.25, -0.2) is 9.18 Å². The second-order valence-electron chi connectivity index (χ2n) is 7.42. The topological polar surface area (TPSA) is 63.5 Å². The molecule has 0 saturated carbocycles. The molecule has 0 aliphatic rings. The van der Waals surface area contributed by atoms with Crippen LogP contribution in [0, 0.1) is 12.7 Å².